The molecule has 0 aliphatic heterocycles. The van der Waals surface area contributed by atoms with Crippen LogP contribution in [-0.2, 0) is 5.41 Å². The van der Waals surface area contributed by atoms with Crippen LogP contribution in [0, 0.1) is 6.92 Å². The third-order valence-corrected chi connectivity index (χ3v) is 6.97. The quantitative estimate of drug-likeness (QED) is 0.315. The number of rotatable bonds is 8. The summed E-state index contributed by atoms with van der Waals surface area (Å²) >= 11 is 3.30. The Balaban J connectivity index is 0.000000539. The molecular formula is C35H50BrN. The van der Waals surface area contributed by atoms with E-state index in [1.54, 1.807) is 6.08 Å². The number of hydrogen-bond donors (Lipinski definition) is 1. The Kier molecular flexibility index (Phi) is 17.3. The lowest BCUT2D eigenvalue weighted by Crippen LogP contribution is -2.24. The zero-order chi connectivity index (χ0) is 28.4. The molecule has 2 heteroatoms. The summed E-state index contributed by atoms with van der Waals surface area (Å²) in [6.45, 7) is 29.4. The smallest absolute Gasteiger partial charge is 0.0345 e. The second kappa shape index (κ2) is 18.6. The van der Waals surface area contributed by atoms with Crippen molar-refractivity contribution >= 4 is 21.5 Å². The van der Waals surface area contributed by atoms with Crippen LogP contribution in [0.2, 0.25) is 0 Å². The van der Waals surface area contributed by atoms with Gasteiger partial charge in [0.25, 0.3) is 0 Å². The maximum absolute atomic E-state index is 4.19. The summed E-state index contributed by atoms with van der Waals surface area (Å²) in [4.78, 5) is 0. The van der Waals surface area contributed by atoms with E-state index in [-0.39, 0.29) is 5.41 Å². The van der Waals surface area contributed by atoms with Crippen molar-refractivity contribution < 1.29 is 0 Å². The molecule has 0 heterocycles. The molecule has 1 nitrogen and oxygen atoms in total. The second-order valence-corrected chi connectivity index (χ2v) is 10.3. The molecule has 0 atom stereocenters. The molecule has 0 unspecified atom stereocenters. The fourth-order valence-electron chi connectivity index (χ4n) is 3.66. The topological polar surface area (TPSA) is 12.0 Å². The maximum Gasteiger partial charge on any atom is 0.0345 e. The standard InChI is InChI=1S/C14H19N.C13H16.C6H9Br.C2H6/c1-3-11-15-12(2)14(9-10-14)13-7-5-4-6-8-13;1-10(2)9-12(4)13-8-6-5-7-11(13)3;1-4-6(7)5(2)3;1-2/h4-8,15H,2-3,9-11H2,1H3;5-9H,4H2,1-3H3;4H,1H2,2-3H3;1-2H3. The molecular weight excluding hydrogens is 514 g/mol. The number of allylic oxidation sites excluding steroid dienone is 7. The molecule has 3 rings (SSSR count). The Labute approximate surface area is 237 Å². The van der Waals surface area contributed by atoms with Gasteiger partial charge in [0.1, 0.15) is 0 Å². The molecule has 0 saturated heterocycles. The lowest BCUT2D eigenvalue weighted by molar-refractivity contribution is 0.671. The van der Waals surface area contributed by atoms with Gasteiger partial charge in [-0.25, -0.2) is 0 Å². The van der Waals surface area contributed by atoms with E-state index in [2.05, 4.69) is 123 Å². The third kappa shape index (κ3) is 12.5. The largest absolute Gasteiger partial charge is 0.388 e. The Hall–Kier alpha value is -2.58. The maximum atomic E-state index is 4.19. The van der Waals surface area contributed by atoms with Gasteiger partial charge in [0.2, 0.25) is 0 Å². The minimum absolute atomic E-state index is 0.246. The normalized spacial score (nSPS) is 11.9. The summed E-state index contributed by atoms with van der Waals surface area (Å²) in [5, 5.41) is 3.44. The summed E-state index contributed by atoms with van der Waals surface area (Å²) in [7, 11) is 0. The molecule has 0 amide bonds. The Morgan fingerprint density at radius 1 is 0.946 bits per heavy atom. The van der Waals surface area contributed by atoms with Crippen molar-refractivity contribution in [2.45, 2.75) is 80.1 Å². The van der Waals surface area contributed by atoms with Crippen LogP contribution in [0.5, 0.6) is 0 Å². The predicted molar refractivity (Wildman–Crippen MR) is 173 cm³/mol. The van der Waals surface area contributed by atoms with E-state index in [1.807, 2.05) is 33.8 Å². The van der Waals surface area contributed by atoms with Crippen molar-refractivity contribution in [2.75, 3.05) is 6.54 Å². The highest BCUT2D eigenvalue weighted by molar-refractivity contribution is 9.11. The molecule has 0 spiro atoms. The van der Waals surface area contributed by atoms with E-state index >= 15 is 0 Å². The van der Waals surface area contributed by atoms with Gasteiger partial charge >= 0.3 is 0 Å². The van der Waals surface area contributed by atoms with Crippen molar-refractivity contribution in [1.82, 2.24) is 5.32 Å². The van der Waals surface area contributed by atoms with Crippen LogP contribution < -0.4 is 5.32 Å². The molecule has 0 aromatic heterocycles. The zero-order valence-corrected chi connectivity index (χ0v) is 26.3. The Bertz CT molecular complexity index is 1030. The predicted octanol–water partition coefficient (Wildman–Crippen LogP) is 11.1. The summed E-state index contributed by atoms with van der Waals surface area (Å²) in [6.07, 6.45) is 7.54. The van der Waals surface area contributed by atoms with Crippen molar-refractivity contribution in [3.8, 4) is 0 Å². The van der Waals surface area contributed by atoms with E-state index in [0.29, 0.717) is 0 Å². The van der Waals surface area contributed by atoms with Crippen LogP contribution in [0.25, 0.3) is 5.57 Å². The number of benzene rings is 2. The molecule has 37 heavy (non-hydrogen) atoms. The van der Waals surface area contributed by atoms with Gasteiger partial charge in [-0.1, -0.05) is 134 Å². The molecule has 202 valence electrons. The number of halogens is 1. The number of nitrogens with one attached hydrogen (secondary N) is 1. The second-order valence-electron chi connectivity index (χ2n) is 9.47. The molecule has 1 N–H and O–H groups in total. The highest BCUT2D eigenvalue weighted by Gasteiger charge is 2.46. The number of hydrogen-bond acceptors (Lipinski definition) is 1. The first-order chi connectivity index (χ1) is 17.6. The molecule has 2 aromatic rings. The van der Waals surface area contributed by atoms with Crippen LogP contribution in [0.4, 0.5) is 0 Å². The summed E-state index contributed by atoms with van der Waals surface area (Å²) < 4.78 is 1.09. The molecule has 1 saturated carbocycles. The first-order valence-electron chi connectivity index (χ1n) is 13.4. The number of aryl methyl sites for hydroxylation is 1. The van der Waals surface area contributed by atoms with E-state index < -0.39 is 0 Å². The Morgan fingerprint density at radius 3 is 1.89 bits per heavy atom. The average Bonchev–Trinajstić information content (AvgIpc) is 3.71. The molecule has 0 bridgehead atoms. The molecule has 0 radical (unpaired) electrons. The first-order valence-corrected chi connectivity index (χ1v) is 14.2. The van der Waals surface area contributed by atoms with E-state index in [4.69, 9.17) is 0 Å². The van der Waals surface area contributed by atoms with E-state index in [0.717, 1.165) is 23.0 Å². The molecule has 1 aliphatic carbocycles. The van der Waals surface area contributed by atoms with Gasteiger partial charge in [0.15, 0.2) is 0 Å². The van der Waals surface area contributed by atoms with Crippen LogP contribution in [-0.4, -0.2) is 6.54 Å². The Morgan fingerprint density at radius 2 is 1.49 bits per heavy atom. The van der Waals surface area contributed by atoms with Crippen molar-refractivity contribution in [2.24, 2.45) is 0 Å². The SMILES string of the molecule is C=C(C=C(C)C)c1ccccc1C.C=C(NCCC)C1(c2ccccc2)CC1.C=CC(Br)=C(C)C.CC. The van der Waals surface area contributed by atoms with Crippen LogP contribution in [0.15, 0.2) is 108 Å². The van der Waals surface area contributed by atoms with Gasteiger partial charge in [0, 0.05) is 22.1 Å². The van der Waals surface area contributed by atoms with Crippen molar-refractivity contribution in [1.29, 1.82) is 0 Å². The fraction of sp³-hybridized carbons (Fsp3) is 0.371. The highest BCUT2D eigenvalue weighted by Crippen LogP contribution is 2.52. The first kappa shape index (κ1) is 34.4. The molecule has 1 fully saturated rings. The van der Waals surface area contributed by atoms with Gasteiger partial charge in [-0.3, -0.25) is 0 Å². The van der Waals surface area contributed by atoms with Crippen LogP contribution in [0.1, 0.15) is 84.4 Å². The monoisotopic (exact) mass is 563 g/mol. The minimum Gasteiger partial charge on any atom is -0.388 e. The molecule has 2 aromatic carbocycles. The van der Waals surface area contributed by atoms with E-state index in [9.17, 15) is 0 Å². The summed E-state index contributed by atoms with van der Waals surface area (Å²) in [6, 6.07) is 19.0. The van der Waals surface area contributed by atoms with Gasteiger partial charge in [0.05, 0.1) is 0 Å². The third-order valence-electron chi connectivity index (χ3n) is 5.85. The van der Waals surface area contributed by atoms with Crippen molar-refractivity contribution in [3.05, 3.63) is 125 Å². The van der Waals surface area contributed by atoms with E-state index in [1.165, 1.54) is 46.4 Å². The van der Waals surface area contributed by atoms with Gasteiger partial charge in [-0.2, -0.15) is 0 Å². The van der Waals surface area contributed by atoms with Gasteiger partial charge in [-0.05, 0) is 76.1 Å². The average molecular weight is 565 g/mol. The lowest BCUT2D eigenvalue weighted by atomic mass is 9.93. The van der Waals surface area contributed by atoms with Crippen LogP contribution in [0.3, 0.4) is 0 Å². The lowest BCUT2D eigenvalue weighted by Gasteiger charge is -2.20. The zero-order valence-electron chi connectivity index (χ0n) is 24.7. The minimum atomic E-state index is 0.246. The van der Waals surface area contributed by atoms with Gasteiger partial charge < -0.3 is 5.32 Å². The molecule has 1 aliphatic rings. The highest BCUT2D eigenvalue weighted by atomic mass is 79.9. The van der Waals surface area contributed by atoms with Gasteiger partial charge in [-0.15, -0.1) is 0 Å². The van der Waals surface area contributed by atoms with Crippen molar-refractivity contribution in [3.63, 3.8) is 0 Å². The fourth-order valence-corrected chi connectivity index (χ4v) is 3.66. The van der Waals surface area contributed by atoms with Crippen LogP contribution >= 0.6 is 15.9 Å². The summed E-state index contributed by atoms with van der Waals surface area (Å²) in [5.41, 5.74) is 9.03. The summed E-state index contributed by atoms with van der Waals surface area (Å²) in [5.74, 6) is 0.